The molecular weight excluding hydrogens is 184 g/mol. The smallest absolute Gasteiger partial charge is 0.0671 e. The summed E-state index contributed by atoms with van der Waals surface area (Å²) in [6.07, 6.45) is 4.64. The van der Waals surface area contributed by atoms with Gasteiger partial charge < -0.3 is 4.74 Å². The zero-order chi connectivity index (χ0) is 11.7. The van der Waals surface area contributed by atoms with Crippen LogP contribution in [0.25, 0.3) is 0 Å². The van der Waals surface area contributed by atoms with Crippen LogP contribution in [0.3, 0.4) is 0 Å². The van der Waals surface area contributed by atoms with Crippen LogP contribution < -0.4 is 0 Å². The van der Waals surface area contributed by atoms with E-state index in [-0.39, 0.29) is 0 Å². The van der Waals surface area contributed by atoms with E-state index in [0.717, 1.165) is 25.0 Å². The maximum absolute atomic E-state index is 5.53. The monoisotopic (exact) mass is 210 g/mol. The Morgan fingerprint density at radius 1 is 1.20 bits per heavy atom. The Bertz CT molecular complexity index is 161. The molecule has 0 bridgehead atoms. The van der Waals surface area contributed by atoms with E-state index >= 15 is 0 Å². The van der Waals surface area contributed by atoms with Crippen molar-refractivity contribution in [2.75, 3.05) is 13.2 Å². The molecule has 0 aliphatic heterocycles. The highest BCUT2D eigenvalue weighted by Crippen LogP contribution is 2.23. The third kappa shape index (κ3) is 8.68. The van der Waals surface area contributed by atoms with Crippen molar-refractivity contribution in [1.29, 1.82) is 0 Å². The molecule has 0 rings (SSSR count). The van der Waals surface area contributed by atoms with Gasteiger partial charge in [0.15, 0.2) is 0 Å². The minimum absolute atomic E-state index is 0.699. The average Bonchev–Trinajstić information content (AvgIpc) is 2.15. The predicted molar refractivity (Wildman–Crippen MR) is 67.5 cm³/mol. The number of ether oxygens (including phenoxy) is 1. The van der Waals surface area contributed by atoms with Gasteiger partial charge in [-0.1, -0.05) is 45.8 Å². The van der Waals surface area contributed by atoms with Crippen molar-refractivity contribution in [3.63, 3.8) is 0 Å². The lowest BCUT2D eigenvalue weighted by molar-refractivity contribution is 0.140. The van der Waals surface area contributed by atoms with Crippen molar-refractivity contribution in [3.8, 4) is 0 Å². The molecule has 0 amide bonds. The molecule has 0 fully saturated rings. The minimum Gasteiger partial charge on any atom is -0.377 e. The fourth-order valence-corrected chi connectivity index (χ4v) is 1.58. The Labute approximate surface area is 95.9 Å². The molecule has 0 saturated heterocycles. The third-order valence-electron chi connectivity index (χ3n) is 2.58. The van der Waals surface area contributed by atoms with E-state index < -0.39 is 0 Å². The highest BCUT2D eigenvalue weighted by molar-refractivity contribution is 4.88. The van der Waals surface area contributed by atoms with Gasteiger partial charge in [0.1, 0.15) is 0 Å². The van der Waals surface area contributed by atoms with E-state index in [0.29, 0.717) is 12.5 Å². The van der Waals surface area contributed by atoms with Crippen molar-refractivity contribution in [2.45, 2.75) is 46.5 Å². The average molecular weight is 210 g/mol. The van der Waals surface area contributed by atoms with Gasteiger partial charge in [-0.2, -0.15) is 0 Å². The maximum atomic E-state index is 5.53. The standard InChI is InChI=1S/C14H26O/c1-6-7-8-14(13(4)5)9-10-15-11-12(2)3/h14H,1-2,6-11H2,3-5H3. The number of hydrogen-bond donors (Lipinski definition) is 0. The SMILES string of the molecule is [CH2]CCCC(CCOCC(=C)C)[C](C)C. The van der Waals surface area contributed by atoms with Crippen molar-refractivity contribution in [2.24, 2.45) is 5.92 Å². The van der Waals surface area contributed by atoms with Gasteiger partial charge in [-0.15, -0.1) is 0 Å². The second kappa shape index (κ2) is 8.96. The minimum atomic E-state index is 0.699. The van der Waals surface area contributed by atoms with Crippen molar-refractivity contribution in [1.82, 2.24) is 0 Å². The zero-order valence-electron chi connectivity index (χ0n) is 10.6. The molecule has 0 aliphatic carbocycles. The lowest BCUT2D eigenvalue weighted by Gasteiger charge is -2.20. The molecule has 0 N–H and O–H groups in total. The lowest BCUT2D eigenvalue weighted by atomic mass is 9.88. The molecule has 1 nitrogen and oxygen atoms in total. The second-order valence-corrected chi connectivity index (χ2v) is 4.57. The van der Waals surface area contributed by atoms with Gasteiger partial charge in [-0.25, -0.2) is 0 Å². The molecule has 0 aromatic heterocycles. The Kier molecular flexibility index (Phi) is 8.79. The van der Waals surface area contributed by atoms with E-state index in [9.17, 15) is 0 Å². The fraction of sp³-hybridized carbons (Fsp3) is 0.714. The van der Waals surface area contributed by atoms with Gasteiger partial charge in [0.2, 0.25) is 0 Å². The Hall–Kier alpha value is -0.300. The summed E-state index contributed by atoms with van der Waals surface area (Å²) in [7, 11) is 0. The summed E-state index contributed by atoms with van der Waals surface area (Å²) in [6.45, 7) is 15.7. The molecule has 0 aliphatic rings. The first-order valence-electron chi connectivity index (χ1n) is 5.89. The summed E-state index contributed by atoms with van der Waals surface area (Å²) in [4.78, 5) is 0. The highest BCUT2D eigenvalue weighted by Gasteiger charge is 2.12. The largest absolute Gasteiger partial charge is 0.377 e. The molecule has 0 heterocycles. The van der Waals surface area contributed by atoms with Crippen LogP contribution in [0, 0.1) is 18.8 Å². The molecule has 0 saturated carbocycles. The lowest BCUT2D eigenvalue weighted by Crippen LogP contribution is -2.11. The van der Waals surface area contributed by atoms with Crippen LogP contribution >= 0.6 is 0 Å². The fourth-order valence-electron chi connectivity index (χ4n) is 1.58. The van der Waals surface area contributed by atoms with Crippen LogP contribution in [0.2, 0.25) is 0 Å². The summed E-state index contributed by atoms with van der Waals surface area (Å²) in [5.74, 6) is 2.22. The molecule has 0 spiro atoms. The van der Waals surface area contributed by atoms with E-state index in [4.69, 9.17) is 4.74 Å². The van der Waals surface area contributed by atoms with Crippen LogP contribution in [-0.2, 0) is 4.74 Å². The predicted octanol–water partition coefficient (Wildman–Crippen LogP) is 4.20. The third-order valence-corrected chi connectivity index (χ3v) is 2.58. The van der Waals surface area contributed by atoms with E-state index in [1.807, 2.05) is 6.92 Å². The van der Waals surface area contributed by atoms with Crippen LogP contribution in [0.1, 0.15) is 46.5 Å². The Morgan fingerprint density at radius 2 is 1.87 bits per heavy atom. The Morgan fingerprint density at radius 3 is 2.33 bits per heavy atom. The summed E-state index contributed by atoms with van der Waals surface area (Å²) in [5, 5.41) is 0. The van der Waals surface area contributed by atoms with Crippen molar-refractivity contribution in [3.05, 3.63) is 25.0 Å². The van der Waals surface area contributed by atoms with E-state index in [2.05, 4.69) is 27.4 Å². The molecule has 15 heavy (non-hydrogen) atoms. The molecule has 1 unspecified atom stereocenters. The maximum Gasteiger partial charge on any atom is 0.0671 e. The van der Waals surface area contributed by atoms with E-state index in [1.54, 1.807) is 0 Å². The zero-order valence-corrected chi connectivity index (χ0v) is 10.6. The van der Waals surface area contributed by atoms with Crippen LogP contribution in [0.5, 0.6) is 0 Å². The van der Waals surface area contributed by atoms with Crippen molar-refractivity contribution >= 4 is 0 Å². The topological polar surface area (TPSA) is 9.23 Å². The molecular formula is C14H26O. The molecule has 88 valence electrons. The molecule has 2 radical (unpaired) electrons. The van der Waals surface area contributed by atoms with Gasteiger partial charge in [-0.3, -0.25) is 0 Å². The summed E-state index contributed by atoms with van der Waals surface area (Å²) < 4.78 is 5.53. The first-order valence-corrected chi connectivity index (χ1v) is 5.89. The first-order chi connectivity index (χ1) is 7.07. The van der Waals surface area contributed by atoms with Gasteiger partial charge in [0.05, 0.1) is 6.61 Å². The molecule has 0 aromatic carbocycles. The highest BCUT2D eigenvalue weighted by atomic mass is 16.5. The molecule has 0 aromatic rings. The van der Waals surface area contributed by atoms with Crippen LogP contribution in [-0.4, -0.2) is 13.2 Å². The number of rotatable bonds is 9. The normalized spacial score (nSPS) is 13.1. The molecule has 1 atom stereocenters. The first kappa shape index (κ1) is 14.7. The second-order valence-electron chi connectivity index (χ2n) is 4.57. The van der Waals surface area contributed by atoms with Gasteiger partial charge >= 0.3 is 0 Å². The van der Waals surface area contributed by atoms with E-state index in [1.165, 1.54) is 18.8 Å². The molecule has 1 heteroatoms. The Balaban J connectivity index is 3.61. The summed E-state index contributed by atoms with van der Waals surface area (Å²) in [5.41, 5.74) is 1.10. The van der Waals surface area contributed by atoms with Gasteiger partial charge in [0.25, 0.3) is 0 Å². The summed E-state index contributed by atoms with van der Waals surface area (Å²) in [6, 6.07) is 0. The van der Waals surface area contributed by atoms with Crippen LogP contribution in [0.4, 0.5) is 0 Å². The quantitative estimate of drug-likeness (QED) is 0.409. The van der Waals surface area contributed by atoms with Gasteiger partial charge in [0, 0.05) is 6.61 Å². The summed E-state index contributed by atoms with van der Waals surface area (Å²) >= 11 is 0. The van der Waals surface area contributed by atoms with Crippen LogP contribution in [0.15, 0.2) is 12.2 Å². The van der Waals surface area contributed by atoms with Crippen molar-refractivity contribution < 1.29 is 4.74 Å². The van der Waals surface area contributed by atoms with Gasteiger partial charge in [-0.05, 0) is 31.6 Å². The number of hydrogen-bond acceptors (Lipinski definition) is 1. The number of unbranched alkanes of at least 4 members (excludes halogenated alkanes) is 1.